The van der Waals surface area contributed by atoms with Crippen LogP contribution in [0.15, 0.2) is 85.2 Å². The van der Waals surface area contributed by atoms with E-state index in [1.165, 1.54) is 10.9 Å². The summed E-state index contributed by atoms with van der Waals surface area (Å²) in [5, 5.41) is 0. The first-order valence-electron chi connectivity index (χ1n) is 9.01. The lowest BCUT2D eigenvalue weighted by atomic mass is 9.34. The second-order valence-corrected chi connectivity index (χ2v) is 6.80. The SMILES string of the molecule is c1ccc2c(c1)Oc1ccc(-c3ccncc3)c3c1B2c1ccccc1O3. The smallest absolute Gasteiger partial charge is 0.260 e. The van der Waals surface area contributed by atoms with Crippen LogP contribution in [0.5, 0.6) is 23.0 Å². The molecular formula is C23H14BNO2. The molecule has 3 heterocycles. The highest BCUT2D eigenvalue weighted by molar-refractivity contribution is 6.98. The number of hydrogen-bond acceptors (Lipinski definition) is 3. The van der Waals surface area contributed by atoms with Gasteiger partial charge >= 0.3 is 0 Å². The van der Waals surface area contributed by atoms with Crippen LogP contribution in [0.25, 0.3) is 11.1 Å². The van der Waals surface area contributed by atoms with Crippen LogP contribution in [0.3, 0.4) is 0 Å². The van der Waals surface area contributed by atoms with Crippen molar-refractivity contribution in [3.8, 4) is 34.1 Å². The Labute approximate surface area is 157 Å². The Morgan fingerprint density at radius 2 is 1.30 bits per heavy atom. The van der Waals surface area contributed by atoms with Crippen molar-refractivity contribution in [3.63, 3.8) is 0 Å². The molecule has 4 heteroatoms. The van der Waals surface area contributed by atoms with E-state index in [1.807, 2.05) is 48.8 Å². The second-order valence-electron chi connectivity index (χ2n) is 6.80. The summed E-state index contributed by atoms with van der Waals surface area (Å²) in [6.07, 6.45) is 3.61. The summed E-state index contributed by atoms with van der Waals surface area (Å²) in [5.41, 5.74) is 5.59. The quantitative estimate of drug-likeness (QED) is 0.427. The third kappa shape index (κ3) is 2.07. The van der Waals surface area contributed by atoms with Crippen molar-refractivity contribution >= 4 is 23.1 Å². The highest BCUT2D eigenvalue weighted by Crippen LogP contribution is 2.40. The highest BCUT2D eigenvalue weighted by atomic mass is 16.5. The lowest BCUT2D eigenvalue weighted by Crippen LogP contribution is -2.57. The van der Waals surface area contributed by atoms with Crippen molar-refractivity contribution < 1.29 is 9.47 Å². The standard InChI is InChI=1S/C23H14BNO2/c1-3-7-19-17(5-1)24-18-6-2-4-8-20(18)27-23-16(15-11-13-25-14-12-15)9-10-21(26-19)22(23)24/h1-14H. The molecule has 0 spiro atoms. The molecule has 1 aromatic heterocycles. The van der Waals surface area contributed by atoms with Gasteiger partial charge in [-0.2, -0.15) is 0 Å². The molecule has 0 aliphatic carbocycles. The summed E-state index contributed by atoms with van der Waals surface area (Å²) < 4.78 is 12.7. The maximum Gasteiger partial charge on any atom is 0.260 e. The number of para-hydroxylation sites is 2. The molecule has 0 bridgehead atoms. The van der Waals surface area contributed by atoms with E-state index in [1.54, 1.807) is 0 Å². The fourth-order valence-corrected chi connectivity index (χ4v) is 4.14. The van der Waals surface area contributed by atoms with Crippen LogP contribution >= 0.6 is 0 Å². The van der Waals surface area contributed by atoms with Gasteiger partial charge in [0.05, 0.1) is 0 Å². The van der Waals surface area contributed by atoms with Gasteiger partial charge in [-0.3, -0.25) is 4.98 Å². The zero-order chi connectivity index (χ0) is 17.8. The van der Waals surface area contributed by atoms with E-state index < -0.39 is 0 Å². The fraction of sp³-hybridized carbons (Fsp3) is 0. The largest absolute Gasteiger partial charge is 0.458 e. The maximum atomic E-state index is 6.42. The molecule has 126 valence electrons. The average Bonchev–Trinajstić information content (AvgIpc) is 2.74. The van der Waals surface area contributed by atoms with E-state index in [-0.39, 0.29) is 6.71 Å². The molecule has 4 aromatic rings. The third-order valence-corrected chi connectivity index (χ3v) is 5.33. The van der Waals surface area contributed by atoms with Gasteiger partial charge in [0.15, 0.2) is 0 Å². The first-order valence-corrected chi connectivity index (χ1v) is 9.01. The van der Waals surface area contributed by atoms with Crippen LogP contribution in [-0.2, 0) is 0 Å². The van der Waals surface area contributed by atoms with Gasteiger partial charge in [0, 0.05) is 23.4 Å². The van der Waals surface area contributed by atoms with Crippen molar-refractivity contribution in [2.45, 2.75) is 0 Å². The average molecular weight is 347 g/mol. The van der Waals surface area contributed by atoms with Crippen LogP contribution in [0.4, 0.5) is 0 Å². The van der Waals surface area contributed by atoms with Gasteiger partial charge in [-0.25, -0.2) is 0 Å². The molecule has 0 N–H and O–H groups in total. The normalized spacial score (nSPS) is 13.0. The van der Waals surface area contributed by atoms with Crippen LogP contribution in [-0.4, -0.2) is 11.7 Å². The zero-order valence-corrected chi connectivity index (χ0v) is 14.4. The molecule has 0 saturated heterocycles. The molecule has 27 heavy (non-hydrogen) atoms. The number of hydrogen-bond donors (Lipinski definition) is 0. The molecule has 0 amide bonds. The van der Waals surface area contributed by atoms with Crippen molar-refractivity contribution in [2.24, 2.45) is 0 Å². The van der Waals surface area contributed by atoms with Crippen molar-refractivity contribution in [1.82, 2.24) is 4.98 Å². The summed E-state index contributed by atoms with van der Waals surface area (Å²) in [6.45, 7) is 0.103. The second kappa shape index (κ2) is 5.48. The molecule has 3 aromatic carbocycles. The number of rotatable bonds is 1. The predicted molar refractivity (Wildman–Crippen MR) is 107 cm³/mol. The van der Waals surface area contributed by atoms with Gasteiger partial charge in [0.1, 0.15) is 23.0 Å². The predicted octanol–water partition coefficient (Wildman–Crippen LogP) is 3.48. The minimum Gasteiger partial charge on any atom is -0.458 e. The monoisotopic (exact) mass is 347 g/mol. The molecule has 3 nitrogen and oxygen atoms in total. The van der Waals surface area contributed by atoms with Crippen LogP contribution in [0.1, 0.15) is 0 Å². The molecular weight excluding hydrogens is 333 g/mol. The van der Waals surface area contributed by atoms with E-state index in [0.29, 0.717) is 0 Å². The number of ether oxygens (including phenoxy) is 2. The number of aromatic nitrogens is 1. The number of fused-ring (bicyclic) bond motifs is 4. The number of pyridine rings is 1. The summed E-state index contributed by atoms with van der Waals surface area (Å²) in [5.74, 6) is 3.55. The molecule has 6 rings (SSSR count). The molecule has 0 unspecified atom stereocenters. The van der Waals surface area contributed by atoms with E-state index in [9.17, 15) is 0 Å². The Kier molecular flexibility index (Phi) is 2.97. The van der Waals surface area contributed by atoms with Crippen LogP contribution in [0.2, 0.25) is 0 Å². The van der Waals surface area contributed by atoms with Gasteiger partial charge in [-0.05, 0) is 52.9 Å². The first-order chi connectivity index (χ1) is 13.4. The fourth-order valence-electron chi connectivity index (χ4n) is 4.14. The number of benzene rings is 3. The van der Waals surface area contributed by atoms with Gasteiger partial charge in [-0.1, -0.05) is 36.4 Å². The summed E-state index contributed by atoms with van der Waals surface area (Å²) in [4.78, 5) is 4.14. The lowest BCUT2D eigenvalue weighted by Gasteiger charge is -2.33. The summed E-state index contributed by atoms with van der Waals surface area (Å²) in [7, 11) is 0. The van der Waals surface area contributed by atoms with E-state index >= 15 is 0 Å². The minimum absolute atomic E-state index is 0.103. The van der Waals surface area contributed by atoms with Crippen LogP contribution in [0, 0.1) is 0 Å². The van der Waals surface area contributed by atoms with Gasteiger partial charge in [0.2, 0.25) is 0 Å². The molecule has 2 aliphatic rings. The Morgan fingerprint density at radius 3 is 2.04 bits per heavy atom. The lowest BCUT2D eigenvalue weighted by molar-refractivity contribution is 0.465. The Hall–Kier alpha value is -3.53. The minimum atomic E-state index is 0.103. The topological polar surface area (TPSA) is 31.4 Å². The van der Waals surface area contributed by atoms with E-state index in [4.69, 9.17) is 9.47 Å². The first kappa shape index (κ1) is 14.6. The van der Waals surface area contributed by atoms with Crippen molar-refractivity contribution in [3.05, 3.63) is 85.2 Å². The molecule has 0 atom stereocenters. The van der Waals surface area contributed by atoms with E-state index in [2.05, 4.69) is 41.4 Å². The Bertz CT molecular complexity index is 1180. The Morgan fingerprint density at radius 1 is 0.630 bits per heavy atom. The maximum absolute atomic E-state index is 6.42. The zero-order valence-electron chi connectivity index (χ0n) is 14.4. The third-order valence-electron chi connectivity index (χ3n) is 5.33. The van der Waals surface area contributed by atoms with Crippen molar-refractivity contribution in [2.75, 3.05) is 0 Å². The molecule has 0 radical (unpaired) electrons. The van der Waals surface area contributed by atoms with Crippen molar-refractivity contribution in [1.29, 1.82) is 0 Å². The summed E-state index contributed by atoms with van der Waals surface area (Å²) >= 11 is 0. The van der Waals surface area contributed by atoms with Gasteiger partial charge < -0.3 is 9.47 Å². The molecule has 0 saturated carbocycles. The summed E-state index contributed by atoms with van der Waals surface area (Å²) in [6, 6.07) is 24.7. The highest BCUT2D eigenvalue weighted by Gasteiger charge is 2.40. The molecule has 2 aliphatic heterocycles. The Balaban J connectivity index is 1.68. The van der Waals surface area contributed by atoms with E-state index in [0.717, 1.165) is 39.6 Å². The van der Waals surface area contributed by atoms with Crippen LogP contribution < -0.4 is 25.9 Å². The number of nitrogens with zero attached hydrogens (tertiary/aromatic N) is 1. The molecule has 0 fully saturated rings. The van der Waals surface area contributed by atoms with Gasteiger partial charge in [0.25, 0.3) is 6.71 Å². The van der Waals surface area contributed by atoms with Gasteiger partial charge in [-0.15, -0.1) is 0 Å².